The van der Waals surface area contributed by atoms with Crippen LogP contribution in [0.5, 0.6) is 0 Å². The molecule has 0 saturated heterocycles. The van der Waals surface area contributed by atoms with Gasteiger partial charge in [-0.25, -0.2) is 9.07 Å². The number of halogens is 1. The van der Waals surface area contributed by atoms with Gasteiger partial charge in [-0.05, 0) is 54.8 Å². The quantitative estimate of drug-likeness (QED) is 0.759. The van der Waals surface area contributed by atoms with Gasteiger partial charge in [-0.3, -0.25) is 4.79 Å². The summed E-state index contributed by atoms with van der Waals surface area (Å²) >= 11 is 0. The van der Waals surface area contributed by atoms with Crippen LogP contribution in [0.3, 0.4) is 0 Å². The second-order valence-electron chi connectivity index (χ2n) is 6.98. The maximum Gasteiger partial charge on any atom is 0.223 e. The van der Waals surface area contributed by atoms with Gasteiger partial charge in [0.15, 0.2) is 0 Å². The predicted molar refractivity (Wildman–Crippen MR) is 99.4 cm³/mol. The molecule has 4 rings (SSSR count). The Hall–Kier alpha value is -2.69. The van der Waals surface area contributed by atoms with Crippen LogP contribution in [0.25, 0.3) is 16.6 Å². The number of nitrogens with zero attached hydrogens (tertiary/aromatic N) is 2. The maximum atomic E-state index is 13.1. The summed E-state index contributed by atoms with van der Waals surface area (Å²) in [5.41, 5.74) is 2.83. The third-order valence-corrected chi connectivity index (χ3v) is 5.15. The summed E-state index contributed by atoms with van der Waals surface area (Å²) in [6.45, 7) is 0.535. The normalized spacial score (nSPS) is 15.3. The Balaban J connectivity index is 1.48. The summed E-state index contributed by atoms with van der Waals surface area (Å²) in [7, 11) is 0. The van der Waals surface area contributed by atoms with E-state index >= 15 is 0 Å². The van der Waals surface area contributed by atoms with Crippen LogP contribution in [0.2, 0.25) is 0 Å². The molecule has 4 nitrogen and oxygen atoms in total. The molecule has 26 heavy (non-hydrogen) atoms. The molecule has 0 bridgehead atoms. The van der Waals surface area contributed by atoms with E-state index in [2.05, 4.69) is 10.4 Å². The molecule has 1 aliphatic carbocycles. The first kappa shape index (κ1) is 16.8. The topological polar surface area (TPSA) is 46.9 Å². The number of amides is 1. The van der Waals surface area contributed by atoms with E-state index in [0.29, 0.717) is 6.54 Å². The van der Waals surface area contributed by atoms with E-state index in [0.717, 1.165) is 47.8 Å². The van der Waals surface area contributed by atoms with Crippen molar-refractivity contribution >= 4 is 16.8 Å². The van der Waals surface area contributed by atoms with Crippen LogP contribution in [-0.4, -0.2) is 15.7 Å². The van der Waals surface area contributed by atoms with Crippen molar-refractivity contribution < 1.29 is 9.18 Å². The van der Waals surface area contributed by atoms with Crippen molar-refractivity contribution in [2.24, 2.45) is 5.92 Å². The molecule has 1 N–H and O–H groups in total. The lowest BCUT2D eigenvalue weighted by atomic mass is 9.88. The number of fused-ring (bicyclic) bond motifs is 1. The molecule has 1 amide bonds. The Morgan fingerprint density at radius 3 is 2.65 bits per heavy atom. The second-order valence-corrected chi connectivity index (χ2v) is 6.98. The first-order valence-corrected chi connectivity index (χ1v) is 9.21. The Bertz CT molecular complexity index is 911. The van der Waals surface area contributed by atoms with Crippen LogP contribution in [0.1, 0.15) is 37.7 Å². The SMILES string of the molecule is O=C(NCc1ccc2c(cnn2-c2ccc(F)cc2)c1)C1CCCCC1. The van der Waals surface area contributed by atoms with Gasteiger partial charge in [-0.15, -0.1) is 0 Å². The standard InChI is InChI=1S/C21H22FN3O/c22-18-7-9-19(10-8-18)25-20-11-6-15(12-17(20)14-24-25)13-23-21(26)16-4-2-1-3-5-16/h6-12,14,16H,1-5,13H2,(H,23,26). The highest BCUT2D eigenvalue weighted by Gasteiger charge is 2.20. The molecule has 0 atom stereocenters. The monoisotopic (exact) mass is 351 g/mol. The Morgan fingerprint density at radius 1 is 1.12 bits per heavy atom. The summed E-state index contributed by atoms with van der Waals surface area (Å²) in [6, 6.07) is 12.3. The van der Waals surface area contributed by atoms with Gasteiger partial charge in [0.25, 0.3) is 0 Å². The van der Waals surface area contributed by atoms with Gasteiger partial charge in [-0.1, -0.05) is 25.3 Å². The molecular formula is C21H22FN3O. The van der Waals surface area contributed by atoms with Crippen molar-refractivity contribution in [3.8, 4) is 5.69 Å². The lowest BCUT2D eigenvalue weighted by Gasteiger charge is -2.20. The average molecular weight is 351 g/mol. The van der Waals surface area contributed by atoms with Crippen molar-refractivity contribution in [1.82, 2.24) is 15.1 Å². The molecule has 5 heteroatoms. The number of carbonyl (C=O) groups is 1. The van der Waals surface area contributed by atoms with E-state index in [1.807, 2.05) is 18.2 Å². The zero-order valence-corrected chi connectivity index (χ0v) is 14.6. The molecule has 0 radical (unpaired) electrons. The van der Waals surface area contributed by atoms with Crippen LogP contribution in [-0.2, 0) is 11.3 Å². The van der Waals surface area contributed by atoms with Gasteiger partial charge < -0.3 is 5.32 Å². The van der Waals surface area contributed by atoms with Crippen molar-refractivity contribution in [2.45, 2.75) is 38.6 Å². The van der Waals surface area contributed by atoms with Crippen LogP contribution in [0, 0.1) is 11.7 Å². The number of hydrogen-bond donors (Lipinski definition) is 1. The second kappa shape index (κ2) is 7.28. The van der Waals surface area contributed by atoms with Crippen LogP contribution in [0.4, 0.5) is 4.39 Å². The number of rotatable bonds is 4. The van der Waals surface area contributed by atoms with Gasteiger partial charge in [0, 0.05) is 17.8 Å². The largest absolute Gasteiger partial charge is 0.352 e. The van der Waals surface area contributed by atoms with E-state index in [1.54, 1.807) is 23.0 Å². The number of carbonyl (C=O) groups excluding carboxylic acids is 1. The van der Waals surface area contributed by atoms with E-state index in [9.17, 15) is 9.18 Å². The zero-order valence-electron chi connectivity index (χ0n) is 14.6. The molecule has 0 aliphatic heterocycles. The van der Waals surface area contributed by atoms with Gasteiger partial charge in [0.1, 0.15) is 5.82 Å². The summed E-state index contributed by atoms with van der Waals surface area (Å²) in [4.78, 5) is 12.3. The molecule has 2 aromatic carbocycles. The zero-order chi connectivity index (χ0) is 17.9. The number of benzene rings is 2. The fourth-order valence-corrected chi connectivity index (χ4v) is 3.68. The fourth-order valence-electron chi connectivity index (χ4n) is 3.68. The number of nitrogens with one attached hydrogen (secondary N) is 1. The van der Waals surface area contributed by atoms with E-state index < -0.39 is 0 Å². The minimum absolute atomic E-state index is 0.173. The van der Waals surface area contributed by atoms with Gasteiger partial charge >= 0.3 is 0 Å². The van der Waals surface area contributed by atoms with Gasteiger partial charge in [0.05, 0.1) is 17.4 Å². The molecule has 0 spiro atoms. The van der Waals surface area contributed by atoms with Crippen LogP contribution < -0.4 is 5.32 Å². The van der Waals surface area contributed by atoms with E-state index in [1.165, 1.54) is 18.6 Å². The molecule has 134 valence electrons. The molecule has 1 aromatic heterocycles. The highest BCUT2D eigenvalue weighted by atomic mass is 19.1. The molecule has 1 heterocycles. The Morgan fingerprint density at radius 2 is 1.88 bits per heavy atom. The third kappa shape index (κ3) is 3.47. The molecular weight excluding hydrogens is 329 g/mol. The minimum atomic E-state index is -0.263. The molecule has 1 aliphatic rings. The third-order valence-electron chi connectivity index (χ3n) is 5.15. The predicted octanol–water partition coefficient (Wildman–Crippen LogP) is 4.36. The summed E-state index contributed by atoms with van der Waals surface area (Å²) in [6.07, 6.45) is 7.38. The molecule has 0 unspecified atom stereocenters. The lowest BCUT2D eigenvalue weighted by molar-refractivity contribution is -0.126. The van der Waals surface area contributed by atoms with Gasteiger partial charge in [-0.2, -0.15) is 5.10 Å². The fraction of sp³-hybridized carbons (Fsp3) is 0.333. The van der Waals surface area contributed by atoms with Crippen molar-refractivity contribution in [2.75, 3.05) is 0 Å². The minimum Gasteiger partial charge on any atom is -0.352 e. The van der Waals surface area contributed by atoms with Crippen LogP contribution >= 0.6 is 0 Å². The maximum absolute atomic E-state index is 13.1. The highest BCUT2D eigenvalue weighted by Crippen LogP contribution is 2.24. The van der Waals surface area contributed by atoms with Gasteiger partial charge in [0.2, 0.25) is 5.91 Å². The van der Waals surface area contributed by atoms with Crippen molar-refractivity contribution in [1.29, 1.82) is 0 Å². The first-order chi connectivity index (χ1) is 12.7. The first-order valence-electron chi connectivity index (χ1n) is 9.21. The Kier molecular flexibility index (Phi) is 4.69. The summed E-state index contributed by atoms with van der Waals surface area (Å²) in [5.74, 6) is 0.0849. The Labute approximate surface area is 152 Å². The number of hydrogen-bond acceptors (Lipinski definition) is 2. The van der Waals surface area contributed by atoms with Crippen LogP contribution in [0.15, 0.2) is 48.7 Å². The van der Waals surface area contributed by atoms with E-state index in [-0.39, 0.29) is 17.6 Å². The molecule has 1 saturated carbocycles. The van der Waals surface area contributed by atoms with Crippen molar-refractivity contribution in [3.63, 3.8) is 0 Å². The molecule has 3 aromatic rings. The number of aromatic nitrogens is 2. The summed E-state index contributed by atoms with van der Waals surface area (Å²) in [5, 5.41) is 8.48. The lowest BCUT2D eigenvalue weighted by Crippen LogP contribution is -2.31. The molecule has 1 fully saturated rings. The highest BCUT2D eigenvalue weighted by molar-refractivity contribution is 5.82. The van der Waals surface area contributed by atoms with E-state index in [4.69, 9.17) is 0 Å². The summed E-state index contributed by atoms with van der Waals surface area (Å²) < 4.78 is 14.9. The smallest absolute Gasteiger partial charge is 0.223 e. The van der Waals surface area contributed by atoms with Crippen molar-refractivity contribution in [3.05, 3.63) is 60.0 Å². The average Bonchev–Trinajstić information content (AvgIpc) is 3.10.